The highest BCUT2D eigenvalue weighted by Crippen LogP contribution is 2.32. The molecule has 34 heavy (non-hydrogen) atoms. The van der Waals surface area contributed by atoms with Crippen LogP contribution in [0.5, 0.6) is 11.5 Å². The lowest BCUT2D eigenvalue weighted by molar-refractivity contribution is -0.121. The Kier molecular flexibility index (Phi) is 5.86. The fourth-order valence-corrected chi connectivity index (χ4v) is 4.06. The lowest BCUT2D eigenvalue weighted by Crippen LogP contribution is -2.42. The van der Waals surface area contributed by atoms with Gasteiger partial charge in [-0.2, -0.15) is 0 Å². The zero-order valence-corrected chi connectivity index (χ0v) is 18.4. The van der Waals surface area contributed by atoms with E-state index in [0.717, 1.165) is 11.1 Å². The van der Waals surface area contributed by atoms with Crippen molar-refractivity contribution in [1.29, 1.82) is 0 Å². The van der Waals surface area contributed by atoms with Crippen LogP contribution in [-0.2, 0) is 30.8 Å². The Morgan fingerprint density at radius 1 is 0.853 bits per heavy atom. The van der Waals surface area contributed by atoms with Crippen molar-refractivity contribution in [2.75, 3.05) is 6.79 Å². The van der Waals surface area contributed by atoms with Crippen molar-refractivity contribution < 1.29 is 14.3 Å². The van der Waals surface area contributed by atoms with Gasteiger partial charge in [0.1, 0.15) is 6.54 Å². The highest BCUT2D eigenvalue weighted by molar-refractivity contribution is 5.81. The summed E-state index contributed by atoms with van der Waals surface area (Å²) >= 11 is 0. The van der Waals surface area contributed by atoms with Crippen molar-refractivity contribution in [3.8, 4) is 11.5 Å². The third kappa shape index (κ3) is 4.30. The Hall–Kier alpha value is -4.33. The quantitative estimate of drug-likeness (QED) is 0.460. The van der Waals surface area contributed by atoms with Gasteiger partial charge in [-0.05, 0) is 41.8 Å². The number of nitrogens with one attached hydrogen (secondary N) is 1. The molecule has 8 heteroatoms. The van der Waals surface area contributed by atoms with Crippen LogP contribution in [0.4, 0.5) is 0 Å². The SMILES string of the molecule is O=C(Cn1c(=O)n(CCc2ccccc2)c(=O)c2ccccc21)NCc1ccc2c(c1)OCO2. The number of carbonyl (C=O) groups excluding carboxylic acids is 1. The van der Waals surface area contributed by atoms with Gasteiger partial charge in [-0.3, -0.25) is 18.7 Å². The Morgan fingerprint density at radius 3 is 2.47 bits per heavy atom. The summed E-state index contributed by atoms with van der Waals surface area (Å²) in [6.45, 7) is 0.484. The van der Waals surface area contributed by atoms with Crippen molar-refractivity contribution >= 4 is 16.8 Å². The molecule has 0 spiro atoms. The number of fused-ring (bicyclic) bond motifs is 2. The van der Waals surface area contributed by atoms with E-state index < -0.39 is 5.69 Å². The van der Waals surface area contributed by atoms with Gasteiger partial charge in [-0.15, -0.1) is 0 Å². The first kappa shape index (κ1) is 21.5. The predicted molar refractivity (Wildman–Crippen MR) is 127 cm³/mol. The third-order valence-corrected chi connectivity index (χ3v) is 5.83. The van der Waals surface area contributed by atoms with Crippen LogP contribution < -0.4 is 26.0 Å². The van der Waals surface area contributed by atoms with Gasteiger partial charge in [-0.1, -0.05) is 48.5 Å². The molecule has 4 aromatic rings. The van der Waals surface area contributed by atoms with Crippen LogP contribution >= 0.6 is 0 Å². The minimum atomic E-state index is -0.502. The van der Waals surface area contributed by atoms with Crippen LogP contribution in [0, 0.1) is 0 Å². The zero-order chi connectivity index (χ0) is 23.5. The summed E-state index contributed by atoms with van der Waals surface area (Å²) in [6.07, 6.45) is 0.532. The minimum absolute atomic E-state index is 0.182. The van der Waals surface area contributed by atoms with E-state index >= 15 is 0 Å². The fraction of sp³-hybridized carbons (Fsp3) is 0.192. The Balaban J connectivity index is 1.38. The lowest BCUT2D eigenvalue weighted by Gasteiger charge is -2.14. The molecule has 0 unspecified atom stereocenters. The van der Waals surface area contributed by atoms with Gasteiger partial charge in [0.25, 0.3) is 5.56 Å². The molecule has 0 aliphatic carbocycles. The summed E-state index contributed by atoms with van der Waals surface area (Å²) in [4.78, 5) is 39.1. The molecule has 0 saturated carbocycles. The average Bonchev–Trinajstić information content (AvgIpc) is 3.34. The second-order valence-electron chi connectivity index (χ2n) is 8.04. The molecule has 1 N–H and O–H groups in total. The number of nitrogens with zero attached hydrogens (tertiary/aromatic N) is 2. The zero-order valence-electron chi connectivity index (χ0n) is 18.4. The number of para-hydroxylation sites is 1. The highest BCUT2D eigenvalue weighted by atomic mass is 16.7. The molecule has 8 nitrogen and oxygen atoms in total. The number of ether oxygens (including phenoxy) is 2. The summed E-state index contributed by atoms with van der Waals surface area (Å²) in [7, 11) is 0. The van der Waals surface area contributed by atoms with Crippen LogP contribution in [0.3, 0.4) is 0 Å². The number of rotatable bonds is 7. The smallest absolute Gasteiger partial charge is 0.331 e. The molecule has 0 atom stereocenters. The molecule has 2 heterocycles. The molecule has 1 amide bonds. The van der Waals surface area contributed by atoms with E-state index in [-0.39, 0.29) is 37.9 Å². The summed E-state index contributed by atoms with van der Waals surface area (Å²) in [6, 6.07) is 22.0. The molecule has 172 valence electrons. The van der Waals surface area contributed by atoms with E-state index in [2.05, 4.69) is 5.32 Å². The van der Waals surface area contributed by atoms with E-state index in [0.29, 0.717) is 28.8 Å². The standard InChI is InChI=1S/C26H23N3O5/c30-24(27-15-19-10-11-22-23(14-19)34-17-33-22)16-29-21-9-5-4-8-20(21)25(31)28(26(29)32)13-12-18-6-2-1-3-7-18/h1-11,14H,12-13,15-17H2,(H,27,30). The second kappa shape index (κ2) is 9.27. The Bertz CT molecular complexity index is 1470. The van der Waals surface area contributed by atoms with Crippen LogP contribution in [0.25, 0.3) is 10.9 Å². The summed E-state index contributed by atoms with van der Waals surface area (Å²) < 4.78 is 13.2. The molecule has 1 aliphatic rings. The summed E-state index contributed by atoms with van der Waals surface area (Å²) in [5, 5.41) is 3.24. The maximum absolute atomic E-state index is 13.3. The van der Waals surface area contributed by atoms with E-state index in [1.807, 2.05) is 42.5 Å². The first-order chi connectivity index (χ1) is 16.6. The van der Waals surface area contributed by atoms with E-state index in [1.54, 1.807) is 30.3 Å². The molecule has 0 saturated heterocycles. The highest BCUT2D eigenvalue weighted by Gasteiger charge is 2.16. The van der Waals surface area contributed by atoms with Crippen LogP contribution in [-0.4, -0.2) is 21.8 Å². The van der Waals surface area contributed by atoms with Gasteiger partial charge in [-0.25, -0.2) is 4.79 Å². The number of carbonyl (C=O) groups is 1. The maximum Gasteiger partial charge on any atom is 0.331 e. The number of hydrogen-bond donors (Lipinski definition) is 1. The fourth-order valence-electron chi connectivity index (χ4n) is 4.06. The minimum Gasteiger partial charge on any atom is -0.454 e. The number of hydrogen-bond acceptors (Lipinski definition) is 5. The Labute approximate surface area is 195 Å². The summed E-state index contributed by atoms with van der Waals surface area (Å²) in [5.41, 5.74) is 1.45. The molecule has 3 aromatic carbocycles. The average molecular weight is 457 g/mol. The van der Waals surface area contributed by atoms with Crippen molar-refractivity contribution in [2.24, 2.45) is 0 Å². The monoisotopic (exact) mass is 457 g/mol. The third-order valence-electron chi connectivity index (χ3n) is 5.83. The van der Waals surface area contributed by atoms with E-state index in [4.69, 9.17) is 9.47 Å². The van der Waals surface area contributed by atoms with Crippen LogP contribution in [0.15, 0.2) is 82.4 Å². The first-order valence-corrected chi connectivity index (χ1v) is 11.0. The lowest BCUT2D eigenvalue weighted by atomic mass is 10.1. The van der Waals surface area contributed by atoms with Crippen molar-refractivity contribution in [3.63, 3.8) is 0 Å². The number of benzene rings is 3. The molecule has 1 aliphatic heterocycles. The molecule has 0 radical (unpaired) electrons. The van der Waals surface area contributed by atoms with Crippen molar-refractivity contribution in [1.82, 2.24) is 14.5 Å². The number of aromatic nitrogens is 2. The van der Waals surface area contributed by atoms with Gasteiger partial charge >= 0.3 is 5.69 Å². The van der Waals surface area contributed by atoms with Crippen molar-refractivity contribution in [3.05, 3.63) is 105 Å². The molecule has 1 aromatic heterocycles. The second-order valence-corrected chi connectivity index (χ2v) is 8.04. The largest absolute Gasteiger partial charge is 0.454 e. The van der Waals surface area contributed by atoms with Gasteiger partial charge in [0.15, 0.2) is 11.5 Å². The van der Waals surface area contributed by atoms with Gasteiger partial charge < -0.3 is 14.8 Å². The van der Waals surface area contributed by atoms with E-state index in [1.165, 1.54) is 9.13 Å². The normalized spacial score (nSPS) is 12.1. The van der Waals surface area contributed by atoms with Crippen molar-refractivity contribution in [2.45, 2.75) is 26.1 Å². The maximum atomic E-state index is 13.3. The van der Waals surface area contributed by atoms with Crippen LogP contribution in [0.1, 0.15) is 11.1 Å². The predicted octanol–water partition coefficient (Wildman–Crippen LogP) is 2.45. The molecule has 0 fully saturated rings. The Morgan fingerprint density at radius 2 is 1.62 bits per heavy atom. The molecule has 0 bridgehead atoms. The first-order valence-electron chi connectivity index (χ1n) is 11.0. The van der Waals surface area contributed by atoms with Gasteiger partial charge in [0, 0.05) is 13.1 Å². The number of amides is 1. The number of aryl methyl sites for hydroxylation is 1. The molecule has 5 rings (SSSR count). The topological polar surface area (TPSA) is 91.6 Å². The molecular weight excluding hydrogens is 434 g/mol. The van der Waals surface area contributed by atoms with Gasteiger partial charge in [0.05, 0.1) is 10.9 Å². The van der Waals surface area contributed by atoms with E-state index in [9.17, 15) is 14.4 Å². The summed E-state index contributed by atoms with van der Waals surface area (Å²) in [5.74, 6) is 0.975. The molecular formula is C26H23N3O5. The van der Waals surface area contributed by atoms with Gasteiger partial charge in [0.2, 0.25) is 12.7 Å². The van der Waals surface area contributed by atoms with Crippen LogP contribution in [0.2, 0.25) is 0 Å².